The van der Waals surface area contributed by atoms with Crippen molar-refractivity contribution >= 4 is 23.8 Å². The second-order valence-corrected chi connectivity index (χ2v) is 7.04. The summed E-state index contributed by atoms with van der Waals surface area (Å²) in [6, 6.07) is 3.95. The molecule has 1 aliphatic carbocycles. The Kier molecular flexibility index (Phi) is 3.87. The molecule has 1 N–H and O–H groups in total. The van der Waals surface area contributed by atoms with Crippen LogP contribution in [0, 0.1) is 5.82 Å². The van der Waals surface area contributed by atoms with Crippen LogP contribution >= 0.6 is 11.6 Å². The molecule has 2 amide bonds. The molecule has 0 bridgehead atoms. The van der Waals surface area contributed by atoms with Crippen molar-refractivity contribution in [3.63, 3.8) is 0 Å². The zero-order valence-corrected chi connectivity index (χ0v) is 13.9. The zero-order valence-electron chi connectivity index (χ0n) is 13.2. The first kappa shape index (κ1) is 16.3. The van der Waals surface area contributed by atoms with E-state index in [0.717, 1.165) is 0 Å². The summed E-state index contributed by atoms with van der Waals surface area (Å²) in [5.74, 6) is -0.00607. The Hall–Kier alpha value is -2.22. The number of amides is 2. The van der Waals surface area contributed by atoms with Crippen LogP contribution in [-0.4, -0.2) is 54.5 Å². The van der Waals surface area contributed by atoms with E-state index in [-0.39, 0.29) is 23.8 Å². The number of carbonyl (C=O) groups is 2. The summed E-state index contributed by atoms with van der Waals surface area (Å²) in [7, 11) is 0. The average molecular weight is 371 g/mol. The van der Waals surface area contributed by atoms with E-state index in [1.807, 2.05) is 0 Å². The fraction of sp³-hybridized carbons (Fsp3) is 0.500. The fourth-order valence-corrected chi connectivity index (χ4v) is 3.37. The van der Waals surface area contributed by atoms with Gasteiger partial charge in [0.25, 0.3) is 0 Å². The number of rotatable bonds is 3. The van der Waals surface area contributed by atoms with E-state index in [0.29, 0.717) is 31.7 Å². The summed E-state index contributed by atoms with van der Waals surface area (Å²) < 4.78 is 28.9. The van der Waals surface area contributed by atoms with Crippen LogP contribution in [-0.2, 0) is 9.47 Å². The molecule has 9 heteroatoms. The molecule has 4 rings (SSSR count). The van der Waals surface area contributed by atoms with Crippen LogP contribution in [0.5, 0.6) is 5.75 Å². The van der Waals surface area contributed by atoms with E-state index in [4.69, 9.17) is 25.8 Å². The molecule has 134 valence electrons. The highest BCUT2D eigenvalue weighted by Crippen LogP contribution is 2.33. The van der Waals surface area contributed by atoms with Gasteiger partial charge in [-0.1, -0.05) is 11.6 Å². The van der Waals surface area contributed by atoms with Crippen molar-refractivity contribution in [1.82, 2.24) is 10.2 Å². The summed E-state index contributed by atoms with van der Waals surface area (Å²) in [6.07, 6.45) is -0.0912. The van der Waals surface area contributed by atoms with Crippen molar-refractivity contribution in [3.8, 4) is 5.75 Å². The number of hydrogen-bond acceptors (Lipinski definition) is 5. The first-order valence-corrected chi connectivity index (χ1v) is 8.32. The number of nitrogens with zero attached hydrogens (tertiary/aromatic N) is 1. The molecule has 0 radical (unpaired) electrons. The number of nitrogens with one attached hydrogen (secondary N) is 1. The Morgan fingerprint density at radius 2 is 2.12 bits per heavy atom. The normalized spacial score (nSPS) is 26.3. The van der Waals surface area contributed by atoms with Crippen LogP contribution in [0.4, 0.5) is 14.0 Å². The molecule has 7 nitrogen and oxygen atoms in total. The molecule has 0 unspecified atom stereocenters. The molecule has 2 heterocycles. The molecule has 1 aromatic carbocycles. The van der Waals surface area contributed by atoms with E-state index in [2.05, 4.69) is 5.32 Å². The van der Waals surface area contributed by atoms with Gasteiger partial charge in [-0.05, 0) is 18.2 Å². The van der Waals surface area contributed by atoms with Gasteiger partial charge in [0, 0.05) is 12.8 Å². The highest BCUT2D eigenvalue weighted by atomic mass is 35.5. The Bertz CT molecular complexity index is 718. The molecule has 1 saturated carbocycles. The predicted octanol–water partition coefficient (Wildman–Crippen LogP) is 2.32. The van der Waals surface area contributed by atoms with Gasteiger partial charge in [-0.15, -0.1) is 0 Å². The monoisotopic (exact) mass is 370 g/mol. The largest absolute Gasteiger partial charge is 0.489 e. The van der Waals surface area contributed by atoms with Crippen LogP contribution in [0.3, 0.4) is 0 Å². The molecule has 2 aliphatic heterocycles. The molecule has 0 aromatic heterocycles. The molecule has 1 aromatic rings. The maximum atomic E-state index is 13.0. The third kappa shape index (κ3) is 3.18. The van der Waals surface area contributed by atoms with E-state index in [1.54, 1.807) is 0 Å². The number of alkyl carbamates (subject to hydrolysis) is 1. The number of cyclic esters (lactones) is 1. The standard InChI is InChI=1S/C16H16ClFN2O5/c17-12-3-9(18)1-2-13(12)24-10-4-11(5-10)25-15(22)20-6-16(7-20)8-23-14(21)19-16/h1-3,10-11H,4-8H2,(H,19,21)/t10-,11+. The lowest BCUT2D eigenvalue weighted by molar-refractivity contribution is -0.0500. The van der Waals surface area contributed by atoms with E-state index < -0.39 is 23.5 Å². The van der Waals surface area contributed by atoms with Gasteiger partial charge >= 0.3 is 12.2 Å². The van der Waals surface area contributed by atoms with Crippen molar-refractivity contribution in [2.24, 2.45) is 0 Å². The Labute approximate surface area is 148 Å². The van der Waals surface area contributed by atoms with Crippen molar-refractivity contribution in [2.75, 3.05) is 19.7 Å². The minimum absolute atomic E-state index is 0.119. The summed E-state index contributed by atoms with van der Waals surface area (Å²) in [5, 5.41) is 2.92. The summed E-state index contributed by atoms with van der Waals surface area (Å²) in [4.78, 5) is 24.7. The summed E-state index contributed by atoms with van der Waals surface area (Å²) >= 11 is 5.92. The lowest BCUT2D eigenvalue weighted by Crippen LogP contribution is -2.70. The maximum absolute atomic E-state index is 13.0. The Morgan fingerprint density at radius 1 is 1.36 bits per heavy atom. The quantitative estimate of drug-likeness (QED) is 0.883. The van der Waals surface area contributed by atoms with Gasteiger partial charge in [0.2, 0.25) is 0 Å². The van der Waals surface area contributed by atoms with Gasteiger partial charge < -0.3 is 24.4 Å². The molecular weight excluding hydrogens is 355 g/mol. The number of carbonyl (C=O) groups excluding carboxylic acids is 2. The van der Waals surface area contributed by atoms with E-state index in [1.165, 1.54) is 23.1 Å². The Morgan fingerprint density at radius 3 is 2.76 bits per heavy atom. The predicted molar refractivity (Wildman–Crippen MR) is 84.1 cm³/mol. The van der Waals surface area contributed by atoms with Crippen molar-refractivity contribution in [3.05, 3.63) is 29.0 Å². The number of ether oxygens (including phenoxy) is 3. The highest BCUT2D eigenvalue weighted by molar-refractivity contribution is 6.32. The van der Waals surface area contributed by atoms with Crippen LogP contribution in [0.2, 0.25) is 5.02 Å². The van der Waals surface area contributed by atoms with Crippen LogP contribution in [0.1, 0.15) is 12.8 Å². The van der Waals surface area contributed by atoms with Gasteiger partial charge in [-0.25, -0.2) is 14.0 Å². The van der Waals surface area contributed by atoms with Gasteiger partial charge in [-0.2, -0.15) is 0 Å². The minimum atomic E-state index is -0.458. The molecule has 3 aliphatic rings. The Balaban J connectivity index is 1.20. The van der Waals surface area contributed by atoms with Crippen LogP contribution in [0.15, 0.2) is 18.2 Å². The van der Waals surface area contributed by atoms with Gasteiger partial charge in [0.1, 0.15) is 35.9 Å². The lowest BCUT2D eigenvalue weighted by atomic mass is 9.91. The molecule has 1 spiro atoms. The summed E-state index contributed by atoms with van der Waals surface area (Å²) in [6.45, 7) is 1.04. The topological polar surface area (TPSA) is 77.1 Å². The zero-order chi connectivity index (χ0) is 17.6. The van der Waals surface area contributed by atoms with E-state index in [9.17, 15) is 14.0 Å². The van der Waals surface area contributed by atoms with Crippen molar-refractivity contribution in [2.45, 2.75) is 30.6 Å². The first-order chi connectivity index (χ1) is 11.9. The van der Waals surface area contributed by atoms with E-state index >= 15 is 0 Å². The number of hydrogen-bond donors (Lipinski definition) is 1. The van der Waals surface area contributed by atoms with Crippen LogP contribution < -0.4 is 10.1 Å². The molecular formula is C16H16ClFN2O5. The summed E-state index contributed by atoms with van der Waals surface area (Å²) in [5.41, 5.74) is -0.458. The van der Waals surface area contributed by atoms with Crippen molar-refractivity contribution < 1.29 is 28.2 Å². The number of halogens is 2. The SMILES string of the molecule is O=C1NC2(CO1)CN(C(=O)O[C@H]1C[C@@H](Oc3ccc(F)cc3Cl)C1)C2. The smallest absolute Gasteiger partial charge is 0.410 e. The van der Waals surface area contributed by atoms with Crippen LogP contribution in [0.25, 0.3) is 0 Å². The van der Waals surface area contributed by atoms with Gasteiger partial charge in [-0.3, -0.25) is 0 Å². The molecule has 25 heavy (non-hydrogen) atoms. The lowest BCUT2D eigenvalue weighted by Gasteiger charge is -2.46. The van der Waals surface area contributed by atoms with Gasteiger partial charge in [0.15, 0.2) is 0 Å². The fourth-order valence-electron chi connectivity index (χ4n) is 3.15. The van der Waals surface area contributed by atoms with Crippen molar-refractivity contribution in [1.29, 1.82) is 0 Å². The second kappa shape index (κ2) is 5.94. The van der Waals surface area contributed by atoms with Gasteiger partial charge in [0.05, 0.1) is 18.1 Å². The highest BCUT2D eigenvalue weighted by Gasteiger charge is 2.52. The average Bonchev–Trinajstić information content (AvgIpc) is 2.88. The minimum Gasteiger partial charge on any atom is -0.489 e. The third-order valence-corrected chi connectivity index (χ3v) is 4.89. The second-order valence-electron chi connectivity index (χ2n) is 6.63. The number of benzene rings is 1. The number of likely N-dealkylation sites (tertiary alicyclic amines) is 1. The molecule has 2 saturated heterocycles. The molecule has 3 fully saturated rings. The maximum Gasteiger partial charge on any atom is 0.410 e. The molecule has 0 atom stereocenters. The third-order valence-electron chi connectivity index (χ3n) is 4.60. The first-order valence-electron chi connectivity index (χ1n) is 7.95.